The number of nitrogens with one attached hydrogen (secondary N) is 1. The zero-order chi connectivity index (χ0) is 11.3. The normalized spacial score (nSPS) is 34.0. The van der Waals surface area contributed by atoms with Gasteiger partial charge in [-0.1, -0.05) is 20.8 Å². The van der Waals surface area contributed by atoms with Gasteiger partial charge in [-0.2, -0.15) is 0 Å². The number of hydrogen-bond donors (Lipinski definition) is 1. The maximum Gasteiger partial charge on any atom is 0.0499 e. The Morgan fingerprint density at radius 1 is 1.20 bits per heavy atom. The van der Waals surface area contributed by atoms with Crippen molar-refractivity contribution in [3.63, 3.8) is 0 Å². The number of ether oxygens (including phenoxy) is 1. The largest absolute Gasteiger partial charge is 0.384 e. The lowest BCUT2D eigenvalue weighted by molar-refractivity contribution is 0.151. The van der Waals surface area contributed by atoms with Crippen molar-refractivity contribution in [1.29, 1.82) is 0 Å². The Balaban J connectivity index is 2.20. The molecule has 0 amide bonds. The van der Waals surface area contributed by atoms with Gasteiger partial charge in [-0.05, 0) is 37.0 Å². The van der Waals surface area contributed by atoms with E-state index in [4.69, 9.17) is 4.74 Å². The Morgan fingerprint density at radius 2 is 1.80 bits per heavy atom. The fourth-order valence-electron chi connectivity index (χ4n) is 2.82. The molecular weight excluding hydrogens is 186 g/mol. The summed E-state index contributed by atoms with van der Waals surface area (Å²) in [6.45, 7) is 8.96. The summed E-state index contributed by atoms with van der Waals surface area (Å²) in [5, 5.41) is 3.69. The molecule has 0 saturated heterocycles. The summed E-state index contributed by atoms with van der Waals surface area (Å²) in [6.07, 6.45) is 4.11. The molecule has 0 bridgehead atoms. The Hall–Kier alpha value is -0.0800. The van der Waals surface area contributed by atoms with Gasteiger partial charge in [-0.25, -0.2) is 0 Å². The van der Waals surface area contributed by atoms with Crippen LogP contribution < -0.4 is 5.32 Å². The minimum atomic E-state index is 0.627. The predicted octanol–water partition coefficient (Wildman–Crippen LogP) is 2.68. The zero-order valence-electron chi connectivity index (χ0n) is 10.8. The molecule has 0 heterocycles. The zero-order valence-corrected chi connectivity index (χ0v) is 10.8. The molecule has 1 rings (SSSR count). The van der Waals surface area contributed by atoms with Crippen molar-refractivity contribution in [3.05, 3.63) is 0 Å². The summed E-state index contributed by atoms with van der Waals surface area (Å²) in [5.41, 5.74) is 0. The molecule has 0 radical (unpaired) electrons. The van der Waals surface area contributed by atoms with Gasteiger partial charge in [0.2, 0.25) is 0 Å². The molecule has 3 unspecified atom stereocenters. The maximum atomic E-state index is 5.15. The van der Waals surface area contributed by atoms with Gasteiger partial charge in [-0.15, -0.1) is 0 Å². The van der Waals surface area contributed by atoms with Crippen molar-refractivity contribution in [1.82, 2.24) is 5.32 Å². The highest BCUT2D eigenvalue weighted by Crippen LogP contribution is 2.28. The molecular formula is C13H27NO. The van der Waals surface area contributed by atoms with E-state index in [1.807, 2.05) is 0 Å². The Kier molecular flexibility index (Phi) is 5.62. The van der Waals surface area contributed by atoms with Crippen LogP contribution in [-0.4, -0.2) is 26.3 Å². The second kappa shape index (κ2) is 6.49. The van der Waals surface area contributed by atoms with Crippen LogP contribution in [0, 0.1) is 17.8 Å². The Labute approximate surface area is 94.8 Å². The van der Waals surface area contributed by atoms with Crippen molar-refractivity contribution in [2.45, 2.75) is 46.1 Å². The number of hydrogen-bond acceptors (Lipinski definition) is 2. The van der Waals surface area contributed by atoms with Gasteiger partial charge in [-0.3, -0.25) is 0 Å². The van der Waals surface area contributed by atoms with Crippen LogP contribution in [-0.2, 0) is 4.74 Å². The highest BCUT2D eigenvalue weighted by atomic mass is 16.5. The van der Waals surface area contributed by atoms with Crippen LogP contribution in [0.2, 0.25) is 0 Å². The smallest absolute Gasteiger partial charge is 0.0499 e. The molecule has 3 atom stereocenters. The van der Waals surface area contributed by atoms with Crippen molar-refractivity contribution in [3.8, 4) is 0 Å². The van der Waals surface area contributed by atoms with Gasteiger partial charge in [0.25, 0.3) is 0 Å². The first-order valence-electron chi connectivity index (χ1n) is 6.34. The summed E-state index contributed by atoms with van der Waals surface area (Å²) in [4.78, 5) is 0. The second-order valence-corrected chi connectivity index (χ2v) is 5.58. The molecule has 0 aromatic rings. The molecule has 1 saturated carbocycles. The van der Waals surface area contributed by atoms with Crippen LogP contribution in [0.3, 0.4) is 0 Å². The van der Waals surface area contributed by atoms with Crippen LogP contribution >= 0.6 is 0 Å². The molecule has 1 N–H and O–H groups in total. The van der Waals surface area contributed by atoms with E-state index in [0.717, 1.165) is 31.0 Å². The summed E-state index contributed by atoms with van der Waals surface area (Å²) in [7, 11) is 1.78. The molecule has 0 aromatic heterocycles. The minimum Gasteiger partial charge on any atom is -0.384 e. The number of methoxy groups -OCH3 is 1. The quantitative estimate of drug-likeness (QED) is 0.758. The highest BCUT2D eigenvalue weighted by Gasteiger charge is 2.23. The van der Waals surface area contributed by atoms with Crippen LogP contribution in [0.15, 0.2) is 0 Å². The lowest BCUT2D eigenvalue weighted by Gasteiger charge is -2.32. The first-order valence-corrected chi connectivity index (χ1v) is 6.34. The van der Waals surface area contributed by atoms with Crippen LogP contribution in [0.4, 0.5) is 0 Å². The summed E-state index contributed by atoms with van der Waals surface area (Å²) >= 11 is 0. The van der Waals surface area contributed by atoms with E-state index in [0.29, 0.717) is 5.92 Å². The molecule has 90 valence electrons. The van der Waals surface area contributed by atoms with Crippen molar-refractivity contribution < 1.29 is 4.74 Å². The van der Waals surface area contributed by atoms with Gasteiger partial charge in [0.15, 0.2) is 0 Å². The SMILES string of the molecule is COCC(C)CNC1CC(C)CC(C)C1. The lowest BCUT2D eigenvalue weighted by Crippen LogP contribution is -2.39. The summed E-state index contributed by atoms with van der Waals surface area (Å²) < 4.78 is 5.15. The third-order valence-corrected chi connectivity index (χ3v) is 3.38. The molecule has 0 aliphatic heterocycles. The predicted molar refractivity (Wildman–Crippen MR) is 65.0 cm³/mol. The van der Waals surface area contributed by atoms with Crippen molar-refractivity contribution >= 4 is 0 Å². The fourth-order valence-corrected chi connectivity index (χ4v) is 2.82. The lowest BCUT2D eigenvalue weighted by atomic mass is 9.80. The molecule has 0 aromatic carbocycles. The van der Waals surface area contributed by atoms with E-state index in [-0.39, 0.29) is 0 Å². The van der Waals surface area contributed by atoms with E-state index < -0.39 is 0 Å². The topological polar surface area (TPSA) is 21.3 Å². The maximum absolute atomic E-state index is 5.15. The van der Waals surface area contributed by atoms with E-state index >= 15 is 0 Å². The second-order valence-electron chi connectivity index (χ2n) is 5.58. The summed E-state index contributed by atoms with van der Waals surface area (Å²) in [5.74, 6) is 2.41. The molecule has 1 aliphatic rings. The molecule has 2 heteroatoms. The number of rotatable bonds is 5. The Morgan fingerprint density at radius 3 is 2.33 bits per heavy atom. The Bertz CT molecular complexity index is 162. The average Bonchev–Trinajstić information content (AvgIpc) is 2.14. The van der Waals surface area contributed by atoms with E-state index in [1.165, 1.54) is 19.3 Å². The van der Waals surface area contributed by atoms with Crippen molar-refractivity contribution in [2.24, 2.45) is 17.8 Å². The third kappa shape index (κ3) is 4.98. The molecule has 15 heavy (non-hydrogen) atoms. The van der Waals surface area contributed by atoms with Gasteiger partial charge in [0, 0.05) is 26.3 Å². The van der Waals surface area contributed by atoms with E-state index in [1.54, 1.807) is 7.11 Å². The summed E-state index contributed by atoms with van der Waals surface area (Å²) in [6, 6.07) is 0.739. The van der Waals surface area contributed by atoms with E-state index in [2.05, 4.69) is 26.1 Å². The highest BCUT2D eigenvalue weighted by molar-refractivity contribution is 4.79. The standard InChI is InChI=1S/C13H27NO/c1-10-5-11(2)7-13(6-10)14-8-12(3)9-15-4/h10-14H,5-9H2,1-4H3. The van der Waals surface area contributed by atoms with Crippen LogP contribution in [0.1, 0.15) is 40.0 Å². The van der Waals surface area contributed by atoms with Gasteiger partial charge in [0.05, 0.1) is 0 Å². The fraction of sp³-hybridized carbons (Fsp3) is 1.00. The molecule has 2 nitrogen and oxygen atoms in total. The van der Waals surface area contributed by atoms with Gasteiger partial charge in [0.1, 0.15) is 0 Å². The third-order valence-electron chi connectivity index (χ3n) is 3.38. The molecule has 1 aliphatic carbocycles. The monoisotopic (exact) mass is 213 g/mol. The van der Waals surface area contributed by atoms with E-state index in [9.17, 15) is 0 Å². The van der Waals surface area contributed by atoms with Gasteiger partial charge >= 0.3 is 0 Å². The van der Waals surface area contributed by atoms with Gasteiger partial charge < -0.3 is 10.1 Å². The van der Waals surface area contributed by atoms with Crippen LogP contribution in [0.5, 0.6) is 0 Å². The first-order chi connectivity index (χ1) is 7.11. The minimum absolute atomic E-state index is 0.627. The molecule has 1 fully saturated rings. The van der Waals surface area contributed by atoms with Crippen LogP contribution in [0.25, 0.3) is 0 Å². The van der Waals surface area contributed by atoms with Crippen molar-refractivity contribution in [2.75, 3.05) is 20.3 Å². The average molecular weight is 213 g/mol. The molecule has 0 spiro atoms. The first kappa shape index (κ1) is 13.0.